The van der Waals surface area contributed by atoms with E-state index in [0.29, 0.717) is 36.2 Å². The van der Waals surface area contributed by atoms with E-state index in [1.807, 2.05) is 6.07 Å². The molecule has 1 saturated heterocycles. The summed E-state index contributed by atoms with van der Waals surface area (Å²) in [4.78, 5) is 17.5. The van der Waals surface area contributed by atoms with E-state index in [-0.39, 0.29) is 12.1 Å². The van der Waals surface area contributed by atoms with Gasteiger partial charge in [0, 0.05) is 19.1 Å². The molecule has 0 aromatic carbocycles. The van der Waals surface area contributed by atoms with Gasteiger partial charge in [-0.1, -0.05) is 11.6 Å². The van der Waals surface area contributed by atoms with E-state index in [1.165, 1.54) is 6.07 Å². The second-order valence-electron chi connectivity index (χ2n) is 4.78. The van der Waals surface area contributed by atoms with Gasteiger partial charge in [0.15, 0.2) is 0 Å². The lowest BCUT2D eigenvalue weighted by Gasteiger charge is -2.31. The lowest BCUT2D eigenvalue weighted by molar-refractivity contribution is 0.0983. The number of halogens is 1. The first kappa shape index (κ1) is 15.4. The van der Waals surface area contributed by atoms with Crippen molar-refractivity contribution in [2.75, 3.05) is 25.0 Å². The summed E-state index contributed by atoms with van der Waals surface area (Å²) < 4.78 is 4.98. The summed E-state index contributed by atoms with van der Waals surface area (Å²) >= 11 is 5.87. The molecule has 21 heavy (non-hydrogen) atoms. The maximum Gasteiger partial charge on any atom is 0.409 e. The van der Waals surface area contributed by atoms with Gasteiger partial charge < -0.3 is 15.0 Å². The number of likely N-dealkylation sites (tertiary alicyclic amines) is 1. The molecule has 7 heteroatoms. The van der Waals surface area contributed by atoms with Crippen LogP contribution < -0.4 is 5.32 Å². The molecule has 0 spiro atoms. The molecule has 0 radical (unpaired) electrons. The second kappa shape index (κ2) is 7.14. The zero-order chi connectivity index (χ0) is 15.2. The first-order valence-corrected chi connectivity index (χ1v) is 7.26. The van der Waals surface area contributed by atoms with Crippen molar-refractivity contribution >= 4 is 23.5 Å². The van der Waals surface area contributed by atoms with Gasteiger partial charge in [-0.3, -0.25) is 0 Å². The minimum atomic E-state index is -0.261. The number of nitriles is 1. The van der Waals surface area contributed by atoms with Gasteiger partial charge in [0.05, 0.1) is 18.2 Å². The number of ether oxygens (including phenoxy) is 1. The van der Waals surface area contributed by atoms with Crippen LogP contribution in [0.15, 0.2) is 12.1 Å². The van der Waals surface area contributed by atoms with E-state index in [1.54, 1.807) is 17.9 Å². The number of amides is 1. The normalized spacial score (nSPS) is 15.4. The highest BCUT2D eigenvalue weighted by Gasteiger charge is 2.23. The fourth-order valence-corrected chi connectivity index (χ4v) is 2.47. The number of hydrogen-bond acceptors (Lipinski definition) is 5. The van der Waals surface area contributed by atoms with Crippen LogP contribution in [0.1, 0.15) is 25.3 Å². The van der Waals surface area contributed by atoms with Crippen molar-refractivity contribution in [3.8, 4) is 6.07 Å². The summed E-state index contributed by atoms with van der Waals surface area (Å²) in [6.45, 7) is 3.47. The summed E-state index contributed by atoms with van der Waals surface area (Å²) in [5.41, 5.74) is 0.474. The lowest BCUT2D eigenvalue weighted by Crippen LogP contribution is -2.42. The quantitative estimate of drug-likeness (QED) is 0.868. The molecule has 6 nitrogen and oxygen atoms in total. The monoisotopic (exact) mass is 308 g/mol. The number of nitrogens with zero attached hydrogens (tertiary/aromatic N) is 3. The molecule has 1 aliphatic rings. The molecule has 1 aliphatic heterocycles. The minimum absolute atomic E-state index is 0.202. The molecule has 0 aliphatic carbocycles. The first-order valence-electron chi connectivity index (χ1n) is 6.88. The van der Waals surface area contributed by atoms with Crippen LogP contribution in [0.2, 0.25) is 5.15 Å². The van der Waals surface area contributed by atoms with Crippen LogP contribution in [0.4, 0.5) is 10.6 Å². The van der Waals surface area contributed by atoms with Gasteiger partial charge in [0.25, 0.3) is 0 Å². The highest BCUT2D eigenvalue weighted by molar-refractivity contribution is 6.29. The number of nitrogens with one attached hydrogen (secondary N) is 1. The number of aromatic nitrogens is 1. The third-order valence-electron chi connectivity index (χ3n) is 3.30. The van der Waals surface area contributed by atoms with Gasteiger partial charge in [0.1, 0.15) is 11.0 Å². The molecule has 2 rings (SSSR count). The summed E-state index contributed by atoms with van der Waals surface area (Å²) in [6.07, 6.45) is 1.34. The maximum atomic E-state index is 11.6. The molecular formula is C14H17ClN4O2. The largest absolute Gasteiger partial charge is 0.450 e. The molecule has 112 valence electrons. The van der Waals surface area contributed by atoms with Crippen LogP contribution in [0.5, 0.6) is 0 Å². The lowest BCUT2D eigenvalue weighted by atomic mass is 10.1. The van der Waals surface area contributed by atoms with Gasteiger partial charge in [-0.2, -0.15) is 5.26 Å². The van der Waals surface area contributed by atoms with Crippen LogP contribution in [0.25, 0.3) is 0 Å². The fourth-order valence-electron chi connectivity index (χ4n) is 2.27. The van der Waals surface area contributed by atoms with Crippen LogP contribution in [-0.2, 0) is 4.74 Å². The Kier molecular flexibility index (Phi) is 5.23. The van der Waals surface area contributed by atoms with Crippen LogP contribution in [-0.4, -0.2) is 41.7 Å². The standard InChI is InChI=1S/C14H17ClN4O2/c1-2-21-14(20)19-5-3-11(4-6-19)17-13-8-10(9-16)7-12(15)18-13/h7-8,11H,2-6H2,1H3,(H,17,18). The predicted octanol–water partition coefficient (Wildman–Crippen LogP) is 2.64. The molecule has 1 amide bonds. The number of rotatable bonds is 3. The summed E-state index contributed by atoms with van der Waals surface area (Å²) in [7, 11) is 0. The number of carbonyl (C=O) groups is 1. The summed E-state index contributed by atoms with van der Waals surface area (Å²) in [5, 5.41) is 12.5. The van der Waals surface area contributed by atoms with E-state index >= 15 is 0 Å². The highest BCUT2D eigenvalue weighted by Crippen LogP contribution is 2.19. The van der Waals surface area contributed by atoms with E-state index in [2.05, 4.69) is 10.3 Å². The van der Waals surface area contributed by atoms with Crippen molar-refractivity contribution in [1.29, 1.82) is 5.26 Å². The van der Waals surface area contributed by atoms with Gasteiger partial charge in [0.2, 0.25) is 0 Å². The van der Waals surface area contributed by atoms with E-state index in [9.17, 15) is 4.79 Å². The molecule has 1 aromatic rings. The molecular weight excluding hydrogens is 292 g/mol. The number of pyridine rings is 1. The molecule has 2 heterocycles. The van der Waals surface area contributed by atoms with Gasteiger partial charge >= 0.3 is 6.09 Å². The van der Waals surface area contributed by atoms with Gasteiger partial charge in [-0.25, -0.2) is 9.78 Å². The van der Waals surface area contributed by atoms with E-state index in [4.69, 9.17) is 21.6 Å². The Morgan fingerprint density at radius 2 is 2.29 bits per heavy atom. The Bertz CT molecular complexity index is 550. The number of carbonyl (C=O) groups excluding carboxylic acids is 1. The van der Waals surface area contributed by atoms with Gasteiger partial charge in [-0.05, 0) is 31.9 Å². The average molecular weight is 309 g/mol. The second-order valence-corrected chi connectivity index (χ2v) is 5.17. The molecule has 0 atom stereocenters. The Labute approximate surface area is 128 Å². The smallest absolute Gasteiger partial charge is 0.409 e. The van der Waals surface area contributed by atoms with Crippen molar-refractivity contribution in [2.45, 2.75) is 25.8 Å². The third kappa shape index (κ3) is 4.23. The minimum Gasteiger partial charge on any atom is -0.450 e. The van der Waals surface area contributed by atoms with Crippen LogP contribution in [0, 0.1) is 11.3 Å². The predicted molar refractivity (Wildman–Crippen MR) is 79.2 cm³/mol. The van der Waals surface area contributed by atoms with E-state index < -0.39 is 0 Å². The molecule has 1 N–H and O–H groups in total. The fraction of sp³-hybridized carbons (Fsp3) is 0.500. The molecule has 1 fully saturated rings. The van der Waals surface area contributed by atoms with Crippen molar-refractivity contribution in [3.63, 3.8) is 0 Å². The molecule has 1 aromatic heterocycles. The maximum absolute atomic E-state index is 11.6. The Balaban J connectivity index is 1.90. The summed E-state index contributed by atoms with van der Waals surface area (Å²) in [5.74, 6) is 0.591. The highest BCUT2D eigenvalue weighted by atomic mass is 35.5. The third-order valence-corrected chi connectivity index (χ3v) is 3.49. The Morgan fingerprint density at radius 3 is 2.90 bits per heavy atom. The summed E-state index contributed by atoms with van der Waals surface area (Å²) in [6, 6.07) is 5.44. The SMILES string of the molecule is CCOC(=O)N1CCC(Nc2cc(C#N)cc(Cl)n2)CC1. The zero-order valence-corrected chi connectivity index (χ0v) is 12.6. The topological polar surface area (TPSA) is 78.2 Å². The van der Waals surface area contributed by atoms with Crippen molar-refractivity contribution in [2.24, 2.45) is 0 Å². The molecule has 0 saturated carbocycles. The number of hydrogen-bond donors (Lipinski definition) is 1. The average Bonchev–Trinajstić information content (AvgIpc) is 2.47. The Hall–Kier alpha value is -2.00. The van der Waals surface area contributed by atoms with Crippen molar-refractivity contribution < 1.29 is 9.53 Å². The number of piperidine rings is 1. The zero-order valence-electron chi connectivity index (χ0n) is 11.8. The van der Waals surface area contributed by atoms with Crippen molar-refractivity contribution in [3.05, 3.63) is 22.8 Å². The van der Waals surface area contributed by atoms with Crippen LogP contribution >= 0.6 is 11.6 Å². The van der Waals surface area contributed by atoms with Gasteiger partial charge in [-0.15, -0.1) is 0 Å². The van der Waals surface area contributed by atoms with Crippen molar-refractivity contribution in [1.82, 2.24) is 9.88 Å². The molecule has 0 bridgehead atoms. The van der Waals surface area contributed by atoms with E-state index in [0.717, 1.165) is 12.8 Å². The first-order chi connectivity index (χ1) is 10.1. The number of anilines is 1. The molecule has 0 unspecified atom stereocenters. The van der Waals surface area contributed by atoms with Crippen LogP contribution in [0.3, 0.4) is 0 Å². The Morgan fingerprint density at radius 1 is 1.57 bits per heavy atom.